The number of sulfonamides is 1. The molecule has 1 aromatic rings. The van der Waals surface area contributed by atoms with Crippen LogP contribution in [-0.2, 0) is 26.6 Å². The molecule has 1 aromatic carbocycles. The highest BCUT2D eigenvalue weighted by molar-refractivity contribution is 7.89. The Morgan fingerprint density at radius 3 is 2.15 bits per heavy atom. The van der Waals surface area contributed by atoms with Gasteiger partial charge in [0.05, 0.1) is 5.02 Å². The lowest BCUT2D eigenvalue weighted by Crippen LogP contribution is -2.34. The van der Waals surface area contributed by atoms with Gasteiger partial charge in [-0.05, 0) is 59.1 Å². The molecule has 0 saturated carbocycles. The Morgan fingerprint density at radius 2 is 1.56 bits per heavy atom. The first kappa shape index (κ1) is 26.6. The van der Waals surface area contributed by atoms with Crippen LogP contribution in [0.4, 0.5) is 0 Å². The van der Waals surface area contributed by atoms with E-state index in [9.17, 15) is 21.4 Å². The van der Waals surface area contributed by atoms with Gasteiger partial charge in [0, 0.05) is 12.1 Å². The van der Waals surface area contributed by atoms with Crippen molar-refractivity contribution in [1.29, 1.82) is 0 Å². The second-order valence-electron chi connectivity index (χ2n) is 9.58. The molecule has 0 fully saturated rings. The lowest BCUT2D eigenvalue weighted by atomic mass is 9.86. The van der Waals surface area contributed by atoms with E-state index in [0.29, 0.717) is 18.4 Å². The average molecular weight is 524 g/mol. The topological polar surface area (TPSA) is 101 Å². The van der Waals surface area contributed by atoms with Gasteiger partial charge in [-0.2, -0.15) is 8.42 Å². The molecule has 0 heterocycles. The van der Waals surface area contributed by atoms with Gasteiger partial charge in [0.1, 0.15) is 9.79 Å². The van der Waals surface area contributed by atoms with Gasteiger partial charge in [0.25, 0.3) is 10.1 Å². The summed E-state index contributed by atoms with van der Waals surface area (Å²) in [6.45, 7) is 8.16. The fourth-order valence-electron chi connectivity index (χ4n) is 3.80. The standard InChI is InChI=1S/C25H30ClNO5S2/c1-17(2)18-9-11-20-19(15-24(34(30,31)32)21(20)12-10-18)13-14-25(3,4)16-27-33(28,29)23-8-6-5-7-22(23)26/h5-12,15,17,27H,13-14,16H2,1-4H3,(H,30,31,32). The molecule has 0 amide bonds. The van der Waals surface area contributed by atoms with Crippen molar-refractivity contribution < 1.29 is 21.4 Å². The van der Waals surface area contributed by atoms with Crippen molar-refractivity contribution in [1.82, 2.24) is 4.72 Å². The van der Waals surface area contributed by atoms with Gasteiger partial charge in [-0.15, -0.1) is 0 Å². The van der Waals surface area contributed by atoms with Crippen molar-refractivity contribution in [2.45, 2.75) is 56.2 Å². The highest BCUT2D eigenvalue weighted by Crippen LogP contribution is 2.37. The molecular weight excluding hydrogens is 494 g/mol. The molecule has 3 rings (SSSR count). The van der Waals surface area contributed by atoms with E-state index < -0.39 is 25.6 Å². The van der Waals surface area contributed by atoms with Crippen LogP contribution in [0, 0.1) is 5.41 Å². The van der Waals surface area contributed by atoms with Gasteiger partial charge in [0.2, 0.25) is 10.0 Å². The third-order valence-electron chi connectivity index (χ3n) is 5.97. The maximum absolute atomic E-state index is 12.7. The summed E-state index contributed by atoms with van der Waals surface area (Å²) in [4.78, 5) is -0.0821. The number of hydrogen-bond acceptors (Lipinski definition) is 4. The normalized spacial score (nSPS) is 13.0. The molecule has 0 saturated heterocycles. The monoisotopic (exact) mass is 523 g/mol. The van der Waals surface area contributed by atoms with E-state index in [0.717, 1.165) is 16.7 Å². The fraction of sp³-hybridized carbons (Fsp3) is 0.360. The number of hydrogen-bond donors (Lipinski definition) is 2. The van der Waals surface area contributed by atoms with Crippen molar-refractivity contribution in [3.63, 3.8) is 0 Å². The highest BCUT2D eigenvalue weighted by Gasteiger charge is 2.27. The Morgan fingerprint density at radius 1 is 0.941 bits per heavy atom. The van der Waals surface area contributed by atoms with Crippen LogP contribution >= 0.6 is 11.6 Å². The number of nitrogens with one attached hydrogen (secondary N) is 1. The number of rotatable bonds is 9. The van der Waals surface area contributed by atoms with E-state index in [2.05, 4.69) is 18.6 Å². The predicted octanol–water partition coefficient (Wildman–Crippen LogP) is 5.75. The Hall–Kier alpha value is -1.97. The van der Waals surface area contributed by atoms with Gasteiger partial charge < -0.3 is 0 Å². The lowest BCUT2D eigenvalue weighted by molar-refractivity contribution is 0.335. The molecule has 2 N–H and O–H groups in total. The summed E-state index contributed by atoms with van der Waals surface area (Å²) in [6.07, 6.45) is 1.09. The average Bonchev–Trinajstić information content (AvgIpc) is 2.94. The number of benzene rings is 1. The van der Waals surface area contributed by atoms with E-state index in [1.807, 2.05) is 32.0 Å². The minimum atomic E-state index is -4.39. The van der Waals surface area contributed by atoms with Crippen molar-refractivity contribution in [3.8, 4) is 11.1 Å². The Kier molecular flexibility index (Phi) is 7.79. The third-order valence-corrected chi connectivity index (χ3v) is 8.77. The summed E-state index contributed by atoms with van der Waals surface area (Å²) in [7, 11) is -8.17. The summed E-state index contributed by atoms with van der Waals surface area (Å²) in [6, 6.07) is 15.2. The molecule has 0 aromatic heterocycles. The summed E-state index contributed by atoms with van der Waals surface area (Å²) in [5.74, 6) is 0.263. The first-order valence-electron chi connectivity index (χ1n) is 11.0. The van der Waals surface area contributed by atoms with Crippen molar-refractivity contribution >= 4 is 31.7 Å². The van der Waals surface area contributed by atoms with E-state index in [1.165, 1.54) is 18.2 Å². The maximum Gasteiger partial charge on any atom is 0.295 e. The molecule has 0 spiro atoms. The molecule has 34 heavy (non-hydrogen) atoms. The SMILES string of the molecule is CC(C)c1ccc2c(CCC(C)(C)CNS(=O)(=O)c3ccccc3Cl)cc(S(=O)(=O)O)c-2cc1. The molecule has 0 radical (unpaired) electrons. The van der Waals surface area contributed by atoms with Gasteiger partial charge >= 0.3 is 0 Å². The van der Waals surface area contributed by atoms with Gasteiger partial charge in [-0.25, -0.2) is 13.1 Å². The summed E-state index contributed by atoms with van der Waals surface area (Å²) < 4.78 is 61.9. The van der Waals surface area contributed by atoms with Crippen molar-refractivity contribution in [2.24, 2.45) is 5.41 Å². The molecule has 2 aliphatic carbocycles. The third kappa shape index (κ3) is 6.17. The molecule has 9 heteroatoms. The smallest absolute Gasteiger partial charge is 0.282 e. The molecule has 184 valence electrons. The number of aryl methyl sites for hydroxylation is 1. The second-order valence-corrected chi connectivity index (χ2v) is 13.1. The maximum atomic E-state index is 12.7. The van der Waals surface area contributed by atoms with Gasteiger partial charge in [-0.3, -0.25) is 4.55 Å². The van der Waals surface area contributed by atoms with Crippen LogP contribution in [0.15, 0.2) is 64.4 Å². The zero-order valence-corrected chi connectivity index (χ0v) is 22.1. The quantitative estimate of drug-likeness (QED) is 0.348. The first-order valence-corrected chi connectivity index (χ1v) is 14.3. The minimum Gasteiger partial charge on any atom is -0.282 e. The number of halogens is 1. The van der Waals surface area contributed by atoms with E-state index >= 15 is 0 Å². The molecule has 0 aliphatic heterocycles. The molecule has 6 nitrogen and oxygen atoms in total. The highest BCUT2D eigenvalue weighted by atomic mass is 35.5. The van der Waals surface area contributed by atoms with Crippen LogP contribution in [-0.4, -0.2) is 27.9 Å². The molecule has 0 bridgehead atoms. The molecule has 2 aliphatic rings. The molecule has 0 atom stereocenters. The minimum absolute atomic E-state index is 0.0285. The van der Waals surface area contributed by atoms with Crippen LogP contribution in [0.5, 0.6) is 0 Å². The summed E-state index contributed by atoms with van der Waals surface area (Å²) in [5.41, 5.74) is 2.64. The number of fused-ring (bicyclic) bond motifs is 1. The fourth-order valence-corrected chi connectivity index (χ4v) is 6.31. The van der Waals surface area contributed by atoms with E-state index in [4.69, 9.17) is 11.6 Å². The zero-order chi connectivity index (χ0) is 25.3. The van der Waals surface area contributed by atoms with Crippen LogP contribution in [0.25, 0.3) is 11.1 Å². The van der Waals surface area contributed by atoms with E-state index in [1.54, 1.807) is 18.2 Å². The zero-order valence-electron chi connectivity index (χ0n) is 19.7. The summed E-state index contributed by atoms with van der Waals surface area (Å²) >= 11 is 6.05. The van der Waals surface area contributed by atoms with Crippen LogP contribution in [0.1, 0.15) is 51.2 Å². The molecule has 0 unspecified atom stereocenters. The largest absolute Gasteiger partial charge is 0.295 e. The van der Waals surface area contributed by atoms with Crippen molar-refractivity contribution in [3.05, 3.63) is 70.7 Å². The first-order chi connectivity index (χ1) is 15.7. The van der Waals surface area contributed by atoms with Crippen molar-refractivity contribution in [2.75, 3.05) is 6.54 Å². The lowest BCUT2D eigenvalue weighted by Gasteiger charge is -2.25. The van der Waals surface area contributed by atoms with E-state index in [-0.39, 0.29) is 27.3 Å². The van der Waals surface area contributed by atoms with Gasteiger partial charge in [0.15, 0.2) is 0 Å². The Balaban J connectivity index is 1.83. The van der Waals surface area contributed by atoms with Crippen LogP contribution < -0.4 is 4.72 Å². The Bertz CT molecular complexity index is 1370. The molecular formula is C25H30ClNO5S2. The van der Waals surface area contributed by atoms with Crippen LogP contribution in [0.2, 0.25) is 5.02 Å². The second kappa shape index (κ2) is 9.95. The van der Waals surface area contributed by atoms with Crippen LogP contribution in [0.3, 0.4) is 0 Å². The predicted molar refractivity (Wildman–Crippen MR) is 136 cm³/mol. The summed E-state index contributed by atoms with van der Waals surface area (Å²) in [5, 5.41) is 0.155. The Labute approximate surface area is 207 Å². The van der Waals surface area contributed by atoms with Gasteiger partial charge in [-0.1, -0.05) is 75.7 Å².